The van der Waals surface area contributed by atoms with Crippen molar-refractivity contribution in [3.63, 3.8) is 0 Å². The Balaban J connectivity index is 2.49. The van der Waals surface area contributed by atoms with Crippen molar-refractivity contribution >= 4 is 27.3 Å². The molecule has 0 aliphatic carbocycles. The molecule has 2 aromatic carbocycles. The molecule has 0 aliphatic heterocycles. The molecule has 4 nitrogen and oxygen atoms in total. The standard InChI is InChI=1S/C16H18ClNO3S/c1-10-7-11(2)16(12(3)8-10)22(19,20)18-15-9-13(21-4)5-6-14(15)17/h5-9,18H,1-4H3. The molecule has 0 atom stereocenters. The maximum Gasteiger partial charge on any atom is 0.262 e. The third-order valence-corrected chi connectivity index (χ3v) is 5.29. The highest BCUT2D eigenvalue weighted by Crippen LogP contribution is 2.30. The Morgan fingerprint density at radius 1 is 1.05 bits per heavy atom. The van der Waals surface area contributed by atoms with Crippen molar-refractivity contribution < 1.29 is 13.2 Å². The summed E-state index contributed by atoms with van der Waals surface area (Å²) in [6.07, 6.45) is 0. The first kappa shape index (κ1) is 16.6. The van der Waals surface area contributed by atoms with E-state index in [9.17, 15) is 8.42 Å². The second kappa shape index (κ2) is 6.18. The van der Waals surface area contributed by atoms with E-state index in [-0.39, 0.29) is 4.90 Å². The largest absolute Gasteiger partial charge is 0.497 e. The number of nitrogens with one attached hydrogen (secondary N) is 1. The van der Waals surface area contributed by atoms with Crippen LogP contribution in [0.25, 0.3) is 0 Å². The van der Waals surface area contributed by atoms with Crippen LogP contribution >= 0.6 is 11.6 Å². The first-order valence-electron chi connectivity index (χ1n) is 6.69. The van der Waals surface area contributed by atoms with Gasteiger partial charge in [-0.25, -0.2) is 8.42 Å². The molecule has 2 aromatic rings. The number of aryl methyl sites for hydroxylation is 3. The number of methoxy groups -OCH3 is 1. The van der Waals surface area contributed by atoms with E-state index < -0.39 is 10.0 Å². The summed E-state index contributed by atoms with van der Waals surface area (Å²) < 4.78 is 33.0. The summed E-state index contributed by atoms with van der Waals surface area (Å²) in [6.45, 7) is 5.49. The van der Waals surface area contributed by atoms with Crippen molar-refractivity contribution in [3.8, 4) is 5.75 Å². The monoisotopic (exact) mass is 339 g/mol. The zero-order valence-corrected chi connectivity index (χ0v) is 14.5. The molecule has 0 saturated carbocycles. The molecule has 0 saturated heterocycles. The van der Waals surface area contributed by atoms with Crippen molar-refractivity contribution in [3.05, 3.63) is 52.0 Å². The van der Waals surface area contributed by atoms with E-state index >= 15 is 0 Å². The molecule has 6 heteroatoms. The molecular weight excluding hydrogens is 322 g/mol. The molecule has 22 heavy (non-hydrogen) atoms. The van der Waals surface area contributed by atoms with Gasteiger partial charge < -0.3 is 4.74 Å². The van der Waals surface area contributed by atoms with Crippen LogP contribution in [0.3, 0.4) is 0 Å². The summed E-state index contributed by atoms with van der Waals surface area (Å²) in [7, 11) is -2.22. The molecule has 0 amide bonds. The number of halogens is 1. The van der Waals surface area contributed by atoms with Crippen molar-refractivity contribution in [1.82, 2.24) is 0 Å². The van der Waals surface area contributed by atoms with Crippen LogP contribution in [0.15, 0.2) is 35.2 Å². The van der Waals surface area contributed by atoms with Crippen LogP contribution in [0.4, 0.5) is 5.69 Å². The highest BCUT2D eigenvalue weighted by atomic mass is 35.5. The normalized spacial score (nSPS) is 11.3. The lowest BCUT2D eigenvalue weighted by molar-refractivity contribution is 0.415. The Hall–Kier alpha value is -1.72. The zero-order chi connectivity index (χ0) is 16.5. The average molecular weight is 340 g/mol. The fourth-order valence-corrected chi connectivity index (χ4v) is 4.24. The van der Waals surface area contributed by atoms with E-state index in [1.165, 1.54) is 7.11 Å². The van der Waals surface area contributed by atoms with Gasteiger partial charge in [-0.2, -0.15) is 0 Å². The van der Waals surface area contributed by atoms with Crippen molar-refractivity contribution in [1.29, 1.82) is 0 Å². The molecule has 0 bridgehead atoms. The van der Waals surface area contributed by atoms with Gasteiger partial charge in [-0.1, -0.05) is 29.3 Å². The Morgan fingerprint density at radius 3 is 2.18 bits per heavy atom. The summed E-state index contributed by atoms with van der Waals surface area (Å²) in [5, 5.41) is 0.312. The molecule has 0 radical (unpaired) electrons. The fraction of sp³-hybridized carbons (Fsp3) is 0.250. The molecule has 118 valence electrons. The third-order valence-electron chi connectivity index (χ3n) is 3.29. The van der Waals surface area contributed by atoms with Gasteiger partial charge in [0.1, 0.15) is 5.75 Å². The number of sulfonamides is 1. The Labute approximate surface area is 136 Å². The first-order valence-corrected chi connectivity index (χ1v) is 8.55. The van der Waals surface area contributed by atoms with Gasteiger partial charge in [-0.3, -0.25) is 4.72 Å². The predicted molar refractivity (Wildman–Crippen MR) is 89.5 cm³/mol. The number of hydrogen-bond donors (Lipinski definition) is 1. The van der Waals surface area contributed by atoms with Gasteiger partial charge >= 0.3 is 0 Å². The van der Waals surface area contributed by atoms with E-state index in [0.717, 1.165) is 5.56 Å². The number of rotatable bonds is 4. The number of anilines is 1. The molecule has 0 fully saturated rings. The van der Waals surface area contributed by atoms with Gasteiger partial charge in [-0.05, 0) is 44.0 Å². The van der Waals surface area contributed by atoms with Gasteiger partial charge in [0.15, 0.2) is 0 Å². The van der Waals surface area contributed by atoms with E-state index in [2.05, 4.69) is 4.72 Å². The van der Waals surface area contributed by atoms with E-state index in [0.29, 0.717) is 27.6 Å². The number of benzene rings is 2. The summed E-state index contributed by atoms with van der Waals surface area (Å²) in [5.74, 6) is 0.527. The quantitative estimate of drug-likeness (QED) is 0.913. The lowest BCUT2D eigenvalue weighted by atomic mass is 10.1. The second-order valence-electron chi connectivity index (χ2n) is 5.18. The van der Waals surface area contributed by atoms with Crippen LogP contribution in [0, 0.1) is 20.8 Å². The fourth-order valence-electron chi connectivity index (χ4n) is 2.50. The minimum absolute atomic E-state index is 0.275. The second-order valence-corrected chi connectivity index (χ2v) is 7.21. The smallest absolute Gasteiger partial charge is 0.262 e. The molecule has 0 aromatic heterocycles. The van der Waals surface area contributed by atoms with E-state index in [1.807, 2.05) is 19.1 Å². The van der Waals surface area contributed by atoms with E-state index in [4.69, 9.17) is 16.3 Å². The minimum Gasteiger partial charge on any atom is -0.497 e. The maximum atomic E-state index is 12.7. The van der Waals surface area contributed by atoms with Crippen LogP contribution in [0.2, 0.25) is 5.02 Å². The summed E-state index contributed by atoms with van der Waals surface area (Å²) in [6, 6.07) is 8.50. The Bertz CT molecular complexity index is 793. The average Bonchev–Trinajstić information content (AvgIpc) is 2.39. The summed E-state index contributed by atoms with van der Waals surface area (Å²) in [4.78, 5) is 0.275. The Kier molecular flexibility index (Phi) is 4.68. The summed E-state index contributed by atoms with van der Waals surface area (Å²) >= 11 is 6.07. The zero-order valence-electron chi connectivity index (χ0n) is 12.9. The number of hydrogen-bond acceptors (Lipinski definition) is 3. The van der Waals surface area contributed by atoms with Crippen LogP contribution in [-0.4, -0.2) is 15.5 Å². The van der Waals surface area contributed by atoms with Crippen LogP contribution in [-0.2, 0) is 10.0 Å². The van der Waals surface area contributed by atoms with Gasteiger partial charge in [0.05, 0.1) is 22.7 Å². The van der Waals surface area contributed by atoms with Crippen LogP contribution in [0.1, 0.15) is 16.7 Å². The van der Waals surface area contributed by atoms with Crippen LogP contribution < -0.4 is 9.46 Å². The Morgan fingerprint density at radius 2 is 1.64 bits per heavy atom. The van der Waals surface area contributed by atoms with Crippen molar-refractivity contribution in [2.24, 2.45) is 0 Å². The maximum absolute atomic E-state index is 12.7. The van der Waals surface area contributed by atoms with Gasteiger partial charge in [0.2, 0.25) is 0 Å². The van der Waals surface area contributed by atoms with Gasteiger partial charge in [0.25, 0.3) is 10.0 Å². The molecule has 0 heterocycles. The lowest BCUT2D eigenvalue weighted by Gasteiger charge is -2.15. The topological polar surface area (TPSA) is 55.4 Å². The highest BCUT2D eigenvalue weighted by Gasteiger charge is 2.21. The minimum atomic E-state index is -3.73. The third kappa shape index (κ3) is 3.36. The lowest BCUT2D eigenvalue weighted by Crippen LogP contribution is -2.16. The SMILES string of the molecule is COc1ccc(Cl)c(NS(=O)(=O)c2c(C)cc(C)cc2C)c1. The van der Waals surface area contributed by atoms with E-state index in [1.54, 1.807) is 32.0 Å². The number of ether oxygens (including phenoxy) is 1. The molecule has 0 unspecified atom stereocenters. The highest BCUT2D eigenvalue weighted by molar-refractivity contribution is 7.92. The van der Waals surface area contributed by atoms with Gasteiger partial charge in [0, 0.05) is 6.07 Å². The van der Waals surface area contributed by atoms with Crippen LogP contribution in [0.5, 0.6) is 5.75 Å². The molecule has 0 aliphatic rings. The first-order chi connectivity index (χ1) is 10.2. The molecular formula is C16H18ClNO3S. The molecule has 0 spiro atoms. The molecule has 2 rings (SSSR count). The predicted octanol–water partition coefficient (Wildman–Crippen LogP) is 4.07. The molecule has 1 N–H and O–H groups in total. The van der Waals surface area contributed by atoms with Gasteiger partial charge in [-0.15, -0.1) is 0 Å². The van der Waals surface area contributed by atoms with Crippen molar-refractivity contribution in [2.45, 2.75) is 25.7 Å². The van der Waals surface area contributed by atoms with Crippen molar-refractivity contribution in [2.75, 3.05) is 11.8 Å². The summed E-state index contributed by atoms with van der Waals surface area (Å²) in [5.41, 5.74) is 2.71.